The monoisotopic (exact) mass is 472 g/mol. The van der Waals surface area contributed by atoms with Gasteiger partial charge in [-0.15, -0.1) is 0 Å². The summed E-state index contributed by atoms with van der Waals surface area (Å²) in [6.45, 7) is 2.73. The van der Waals surface area contributed by atoms with Crippen LogP contribution in [0, 0.1) is 0 Å². The molecule has 1 heterocycles. The summed E-state index contributed by atoms with van der Waals surface area (Å²) in [5, 5.41) is 2.69. The van der Waals surface area contributed by atoms with Gasteiger partial charge in [0.05, 0.1) is 11.1 Å². The minimum Gasteiger partial charge on any atom is -0.492 e. The summed E-state index contributed by atoms with van der Waals surface area (Å²) >= 11 is 3.46. The molecule has 7 nitrogen and oxygen atoms in total. The van der Waals surface area contributed by atoms with Gasteiger partial charge in [-0.25, -0.2) is 14.6 Å². The third-order valence-electron chi connectivity index (χ3n) is 4.05. The molecule has 0 bridgehead atoms. The Morgan fingerprint density at radius 1 is 1.23 bits per heavy atom. The summed E-state index contributed by atoms with van der Waals surface area (Å²) in [6, 6.07) is 15.0. The maximum absolute atomic E-state index is 11.7. The molecule has 0 spiro atoms. The molecule has 1 N–H and O–H groups in total. The predicted octanol–water partition coefficient (Wildman–Crippen LogP) is 4.46. The van der Waals surface area contributed by atoms with Gasteiger partial charge in [-0.1, -0.05) is 36.4 Å². The van der Waals surface area contributed by atoms with Crippen LogP contribution in [0.4, 0.5) is 4.79 Å². The molecule has 30 heavy (non-hydrogen) atoms. The molecule has 0 aromatic heterocycles. The number of ether oxygens (including phenoxy) is 3. The molecular formula is C22H21BrN2O5. The van der Waals surface area contributed by atoms with Crippen LogP contribution in [-0.2, 0) is 20.9 Å². The lowest BCUT2D eigenvalue weighted by molar-refractivity contribution is -0.130. The van der Waals surface area contributed by atoms with Gasteiger partial charge in [-0.2, -0.15) is 0 Å². The van der Waals surface area contributed by atoms with Crippen LogP contribution in [-0.4, -0.2) is 31.1 Å². The topological polar surface area (TPSA) is 86.2 Å². The average molecular weight is 473 g/mol. The molecule has 8 heteroatoms. The van der Waals surface area contributed by atoms with Crippen LogP contribution in [0.3, 0.4) is 0 Å². The van der Waals surface area contributed by atoms with Gasteiger partial charge in [0.2, 0.25) is 0 Å². The number of benzene rings is 2. The fourth-order valence-electron chi connectivity index (χ4n) is 2.62. The van der Waals surface area contributed by atoms with Crippen LogP contribution in [0.25, 0.3) is 6.08 Å². The van der Waals surface area contributed by atoms with Crippen molar-refractivity contribution in [3.8, 4) is 5.75 Å². The highest BCUT2D eigenvalue weighted by Gasteiger charge is 2.19. The number of rotatable bonds is 8. The van der Waals surface area contributed by atoms with Gasteiger partial charge in [-0.3, -0.25) is 0 Å². The second kappa shape index (κ2) is 10.6. The van der Waals surface area contributed by atoms with Crippen LogP contribution in [0.1, 0.15) is 24.5 Å². The van der Waals surface area contributed by atoms with Gasteiger partial charge >= 0.3 is 12.1 Å². The van der Waals surface area contributed by atoms with Crippen LogP contribution in [0.2, 0.25) is 0 Å². The Bertz CT molecular complexity index is 973. The molecule has 3 rings (SSSR count). The van der Waals surface area contributed by atoms with Crippen molar-refractivity contribution in [1.82, 2.24) is 5.32 Å². The molecule has 2 aromatic rings. The zero-order chi connectivity index (χ0) is 21.3. The summed E-state index contributed by atoms with van der Waals surface area (Å²) in [6.07, 6.45) is 1.82. The lowest BCUT2D eigenvalue weighted by Gasteiger charge is -2.10. The number of nitrogens with one attached hydrogen (secondary N) is 1. The zero-order valence-electron chi connectivity index (χ0n) is 16.4. The van der Waals surface area contributed by atoms with E-state index in [1.165, 1.54) is 0 Å². The summed E-state index contributed by atoms with van der Waals surface area (Å²) in [4.78, 5) is 27.4. The molecule has 156 valence electrons. The highest BCUT2D eigenvalue weighted by atomic mass is 79.9. The Balaban J connectivity index is 1.38. The molecule has 0 saturated carbocycles. The number of nitrogens with zero attached hydrogens (tertiary/aromatic N) is 1. The maximum Gasteiger partial charge on any atom is 0.407 e. The molecule has 0 unspecified atom stereocenters. The fraction of sp³-hybridized carbons (Fsp3) is 0.227. The van der Waals surface area contributed by atoms with Crippen molar-refractivity contribution < 1.29 is 23.8 Å². The van der Waals surface area contributed by atoms with E-state index >= 15 is 0 Å². The normalized spacial score (nSPS) is 14.3. The van der Waals surface area contributed by atoms with Crippen molar-refractivity contribution >= 4 is 40.0 Å². The van der Waals surface area contributed by atoms with Crippen LogP contribution < -0.4 is 10.1 Å². The number of alkyl carbamates (subject to hydrolysis) is 1. The van der Waals surface area contributed by atoms with Crippen molar-refractivity contribution in [2.24, 2.45) is 4.99 Å². The van der Waals surface area contributed by atoms with E-state index in [1.54, 1.807) is 19.1 Å². The molecule has 0 saturated heterocycles. The van der Waals surface area contributed by atoms with Crippen molar-refractivity contribution in [2.45, 2.75) is 20.0 Å². The first kappa shape index (κ1) is 21.6. The van der Waals surface area contributed by atoms with Gasteiger partial charge in [-0.05, 0) is 51.7 Å². The number of hydrogen-bond acceptors (Lipinski definition) is 6. The zero-order valence-corrected chi connectivity index (χ0v) is 18.0. The second-order valence-corrected chi connectivity index (χ2v) is 7.28. The second-order valence-electron chi connectivity index (χ2n) is 6.43. The quantitative estimate of drug-likeness (QED) is 0.348. The van der Waals surface area contributed by atoms with Crippen molar-refractivity contribution in [3.05, 3.63) is 69.8 Å². The molecule has 0 aliphatic carbocycles. The molecule has 1 aliphatic rings. The molecule has 0 fully saturated rings. The number of carbonyl (C=O) groups is 2. The number of amides is 1. The standard InChI is InChI=1S/C22H21BrN2O5/c1-15-25-19(21(26)30-15)13-17-8-9-20(18(23)12-17)28-11-5-10-24-22(27)29-14-16-6-3-2-4-7-16/h2-4,6-9,12-13H,5,10-11,14H2,1H3,(H,24,27)/b19-13-. The molecule has 1 aliphatic heterocycles. The summed E-state index contributed by atoms with van der Waals surface area (Å²) < 4.78 is 16.5. The van der Waals surface area contributed by atoms with E-state index in [2.05, 4.69) is 26.2 Å². The Kier molecular flexibility index (Phi) is 7.62. The highest BCUT2D eigenvalue weighted by molar-refractivity contribution is 9.10. The summed E-state index contributed by atoms with van der Waals surface area (Å²) in [5.74, 6) is 0.541. The first-order chi connectivity index (χ1) is 14.5. The lowest BCUT2D eigenvalue weighted by Crippen LogP contribution is -2.26. The number of carbonyl (C=O) groups excluding carboxylic acids is 2. The molecule has 0 radical (unpaired) electrons. The largest absolute Gasteiger partial charge is 0.492 e. The molecule has 1 amide bonds. The first-order valence-corrected chi connectivity index (χ1v) is 10.2. The Morgan fingerprint density at radius 2 is 2.03 bits per heavy atom. The van der Waals surface area contributed by atoms with Gasteiger partial charge in [0, 0.05) is 13.5 Å². The van der Waals surface area contributed by atoms with Gasteiger partial charge < -0.3 is 19.5 Å². The average Bonchev–Trinajstić information content (AvgIpc) is 3.05. The minimum atomic E-state index is -0.459. The smallest absolute Gasteiger partial charge is 0.407 e. The summed E-state index contributed by atoms with van der Waals surface area (Å²) in [5.41, 5.74) is 1.99. The molecule has 0 atom stereocenters. The van der Waals surface area contributed by atoms with E-state index in [1.807, 2.05) is 42.5 Å². The number of hydrogen-bond donors (Lipinski definition) is 1. The first-order valence-electron chi connectivity index (χ1n) is 9.37. The van der Waals surface area contributed by atoms with E-state index in [0.29, 0.717) is 31.2 Å². The van der Waals surface area contributed by atoms with Crippen molar-refractivity contribution in [1.29, 1.82) is 0 Å². The minimum absolute atomic E-state index is 0.237. The van der Waals surface area contributed by atoms with E-state index < -0.39 is 12.1 Å². The fourth-order valence-corrected chi connectivity index (χ4v) is 3.13. The molecular weight excluding hydrogens is 452 g/mol. The van der Waals surface area contributed by atoms with Crippen LogP contribution in [0.15, 0.2) is 63.7 Å². The lowest BCUT2D eigenvalue weighted by atomic mass is 10.2. The van der Waals surface area contributed by atoms with E-state index in [-0.39, 0.29) is 12.3 Å². The van der Waals surface area contributed by atoms with E-state index in [9.17, 15) is 9.59 Å². The van der Waals surface area contributed by atoms with Gasteiger partial charge in [0.15, 0.2) is 11.6 Å². The Hall–Kier alpha value is -3.13. The molecule has 2 aromatic carbocycles. The SMILES string of the molecule is CC1=N/C(=C\c2ccc(OCCCNC(=O)OCc3ccccc3)c(Br)c2)C(=O)O1. The Morgan fingerprint density at radius 3 is 2.73 bits per heavy atom. The summed E-state index contributed by atoms with van der Waals surface area (Å²) in [7, 11) is 0. The van der Waals surface area contributed by atoms with Crippen LogP contribution in [0.5, 0.6) is 5.75 Å². The third kappa shape index (κ3) is 6.45. The van der Waals surface area contributed by atoms with E-state index in [4.69, 9.17) is 14.2 Å². The van der Waals surface area contributed by atoms with Crippen molar-refractivity contribution in [3.63, 3.8) is 0 Å². The maximum atomic E-state index is 11.7. The third-order valence-corrected chi connectivity index (χ3v) is 4.67. The predicted molar refractivity (Wildman–Crippen MR) is 116 cm³/mol. The Labute approximate surface area is 182 Å². The van der Waals surface area contributed by atoms with Crippen LogP contribution >= 0.6 is 15.9 Å². The number of cyclic esters (lactones) is 1. The van der Waals surface area contributed by atoms with Gasteiger partial charge in [0.25, 0.3) is 0 Å². The van der Waals surface area contributed by atoms with Crippen molar-refractivity contribution in [2.75, 3.05) is 13.2 Å². The number of aliphatic imine (C=N–C) groups is 1. The highest BCUT2D eigenvalue weighted by Crippen LogP contribution is 2.27. The van der Waals surface area contributed by atoms with Gasteiger partial charge in [0.1, 0.15) is 12.4 Å². The number of esters is 1. The number of halogens is 1. The van der Waals surface area contributed by atoms with E-state index in [0.717, 1.165) is 15.6 Å².